The Bertz CT molecular complexity index is 434. The molecule has 2 rings (SSSR count). The first-order valence-electron chi connectivity index (χ1n) is 4.90. The molecule has 0 fully saturated rings. The summed E-state index contributed by atoms with van der Waals surface area (Å²) in [7, 11) is 0. The van der Waals surface area contributed by atoms with E-state index in [0.717, 1.165) is 16.9 Å². The zero-order valence-corrected chi connectivity index (χ0v) is 8.48. The number of anilines is 1. The van der Waals surface area contributed by atoms with Crippen molar-refractivity contribution in [1.82, 2.24) is 0 Å². The van der Waals surface area contributed by atoms with Gasteiger partial charge in [0.05, 0.1) is 5.54 Å². The highest BCUT2D eigenvalue weighted by atomic mass is 14.8. The molecule has 0 saturated heterocycles. The van der Waals surface area contributed by atoms with Gasteiger partial charge >= 0.3 is 0 Å². The van der Waals surface area contributed by atoms with Crippen LogP contribution in [0.2, 0.25) is 0 Å². The summed E-state index contributed by atoms with van der Waals surface area (Å²) in [4.78, 5) is 0. The second-order valence-corrected chi connectivity index (χ2v) is 3.87. The first kappa shape index (κ1) is 9.80. The van der Waals surface area contributed by atoms with Crippen LogP contribution in [0.5, 0.6) is 0 Å². The number of nitrogen functional groups attached to an aromatic ring is 1. The van der Waals surface area contributed by atoms with Gasteiger partial charge in [0.15, 0.2) is 0 Å². The van der Waals surface area contributed by atoms with Gasteiger partial charge in [-0.25, -0.2) is 0 Å². The van der Waals surface area contributed by atoms with E-state index in [1.165, 1.54) is 0 Å². The van der Waals surface area contributed by atoms with Crippen molar-refractivity contribution in [2.75, 3.05) is 5.73 Å². The topological polar surface area (TPSA) is 78.1 Å². The Morgan fingerprint density at radius 3 is 2.47 bits per heavy atom. The predicted molar refractivity (Wildman–Crippen MR) is 62.7 cm³/mol. The van der Waals surface area contributed by atoms with Crippen LogP contribution in [0.15, 0.2) is 48.2 Å². The van der Waals surface area contributed by atoms with Crippen molar-refractivity contribution in [2.24, 2.45) is 11.5 Å². The van der Waals surface area contributed by atoms with Crippen LogP contribution in [0, 0.1) is 0 Å². The quantitative estimate of drug-likeness (QED) is 0.598. The fraction of sp³-hybridized carbons (Fsp3) is 0.167. The molecule has 6 N–H and O–H groups in total. The first-order valence-corrected chi connectivity index (χ1v) is 4.90. The molecule has 1 atom stereocenters. The van der Waals surface area contributed by atoms with Gasteiger partial charge in [0.2, 0.25) is 0 Å². The largest absolute Gasteiger partial charge is 0.399 e. The van der Waals surface area contributed by atoms with Gasteiger partial charge < -0.3 is 17.2 Å². The van der Waals surface area contributed by atoms with E-state index in [4.69, 9.17) is 17.2 Å². The molecule has 0 amide bonds. The highest BCUT2D eigenvalue weighted by molar-refractivity contribution is 5.53. The van der Waals surface area contributed by atoms with Gasteiger partial charge in [0, 0.05) is 11.4 Å². The Kier molecular flexibility index (Phi) is 2.25. The molecule has 3 nitrogen and oxygen atoms in total. The molecule has 0 aromatic heterocycles. The van der Waals surface area contributed by atoms with E-state index in [0.29, 0.717) is 6.42 Å². The fourth-order valence-electron chi connectivity index (χ4n) is 1.79. The van der Waals surface area contributed by atoms with Gasteiger partial charge in [-0.2, -0.15) is 0 Å². The van der Waals surface area contributed by atoms with Crippen molar-refractivity contribution in [3.8, 4) is 0 Å². The predicted octanol–water partition coefficient (Wildman–Crippen LogP) is 1.23. The number of allylic oxidation sites excluding steroid dienone is 1. The average molecular weight is 201 g/mol. The minimum atomic E-state index is -0.520. The fourth-order valence-corrected chi connectivity index (χ4v) is 1.79. The van der Waals surface area contributed by atoms with Crippen molar-refractivity contribution in [3.63, 3.8) is 0 Å². The molecular weight excluding hydrogens is 186 g/mol. The monoisotopic (exact) mass is 201 g/mol. The van der Waals surface area contributed by atoms with Gasteiger partial charge in [-0.3, -0.25) is 0 Å². The van der Waals surface area contributed by atoms with E-state index in [1.54, 1.807) is 0 Å². The van der Waals surface area contributed by atoms with Crippen LogP contribution in [0.1, 0.15) is 12.0 Å². The van der Waals surface area contributed by atoms with Gasteiger partial charge in [0.25, 0.3) is 0 Å². The first-order chi connectivity index (χ1) is 7.12. The number of hydrogen-bond donors (Lipinski definition) is 3. The van der Waals surface area contributed by atoms with Crippen LogP contribution in [0.25, 0.3) is 0 Å². The van der Waals surface area contributed by atoms with Gasteiger partial charge in [0.1, 0.15) is 0 Å². The number of benzene rings is 1. The lowest BCUT2D eigenvalue weighted by atomic mass is 9.83. The van der Waals surface area contributed by atoms with Crippen LogP contribution in [-0.2, 0) is 5.54 Å². The summed E-state index contributed by atoms with van der Waals surface area (Å²) >= 11 is 0. The van der Waals surface area contributed by atoms with Gasteiger partial charge in [-0.05, 0) is 24.1 Å². The third kappa shape index (κ3) is 1.74. The van der Waals surface area contributed by atoms with Crippen LogP contribution in [0.4, 0.5) is 5.69 Å². The molecule has 0 bridgehead atoms. The molecule has 3 heteroatoms. The minimum Gasteiger partial charge on any atom is -0.399 e. The summed E-state index contributed by atoms with van der Waals surface area (Å²) in [5, 5.41) is 0. The van der Waals surface area contributed by atoms with Crippen LogP contribution < -0.4 is 17.2 Å². The molecule has 0 heterocycles. The normalized spacial score (nSPS) is 25.0. The molecule has 0 saturated carbocycles. The molecule has 1 aliphatic carbocycles. The molecule has 0 radical (unpaired) electrons. The molecule has 1 aromatic carbocycles. The summed E-state index contributed by atoms with van der Waals surface area (Å²) in [6.07, 6.45) is 6.35. The van der Waals surface area contributed by atoms with Crippen molar-refractivity contribution in [1.29, 1.82) is 0 Å². The Balaban J connectivity index is 2.40. The number of rotatable bonds is 1. The lowest BCUT2D eigenvalue weighted by Crippen LogP contribution is -2.36. The highest BCUT2D eigenvalue weighted by Gasteiger charge is 2.26. The van der Waals surface area contributed by atoms with Gasteiger partial charge in [-0.15, -0.1) is 0 Å². The van der Waals surface area contributed by atoms with Crippen molar-refractivity contribution in [2.45, 2.75) is 12.0 Å². The summed E-state index contributed by atoms with van der Waals surface area (Å²) in [6, 6.07) is 7.66. The highest BCUT2D eigenvalue weighted by Crippen LogP contribution is 2.31. The zero-order chi connectivity index (χ0) is 10.9. The number of para-hydroxylation sites is 1. The van der Waals surface area contributed by atoms with Crippen LogP contribution in [0.3, 0.4) is 0 Å². The van der Waals surface area contributed by atoms with E-state index >= 15 is 0 Å². The maximum absolute atomic E-state index is 6.28. The van der Waals surface area contributed by atoms with Gasteiger partial charge in [-0.1, -0.05) is 30.4 Å². The maximum atomic E-state index is 6.28. The molecule has 15 heavy (non-hydrogen) atoms. The molecule has 1 aromatic rings. The van der Waals surface area contributed by atoms with E-state index in [9.17, 15) is 0 Å². The van der Waals surface area contributed by atoms with E-state index < -0.39 is 5.54 Å². The van der Waals surface area contributed by atoms with Crippen LogP contribution in [-0.4, -0.2) is 0 Å². The van der Waals surface area contributed by atoms with E-state index in [-0.39, 0.29) is 0 Å². The summed E-state index contributed by atoms with van der Waals surface area (Å²) in [5.41, 5.74) is 19.7. The second-order valence-electron chi connectivity index (χ2n) is 3.87. The Morgan fingerprint density at radius 1 is 1.13 bits per heavy atom. The van der Waals surface area contributed by atoms with E-state index in [2.05, 4.69) is 0 Å². The van der Waals surface area contributed by atoms with Crippen molar-refractivity contribution in [3.05, 3.63) is 53.8 Å². The lowest BCUT2D eigenvalue weighted by Gasteiger charge is -2.29. The lowest BCUT2D eigenvalue weighted by molar-refractivity contribution is 0.564. The average Bonchev–Trinajstić information content (AvgIpc) is 2.23. The van der Waals surface area contributed by atoms with Crippen molar-refractivity contribution >= 4 is 5.69 Å². The Morgan fingerprint density at radius 2 is 1.87 bits per heavy atom. The maximum Gasteiger partial charge on any atom is 0.0655 e. The van der Waals surface area contributed by atoms with E-state index in [1.807, 2.05) is 42.5 Å². The zero-order valence-electron chi connectivity index (χ0n) is 8.48. The SMILES string of the molecule is NC1=CCC(N)(c2ccccc2N)C=C1. The smallest absolute Gasteiger partial charge is 0.0655 e. The molecule has 78 valence electrons. The Labute approximate surface area is 89.3 Å². The third-order valence-electron chi connectivity index (χ3n) is 2.71. The minimum absolute atomic E-state index is 0.520. The molecule has 1 aliphatic rings. The third-order valence-corrected chi connectivity index (χ3v) is 2.71. The summed E-state index contributed by atoms with van der Waals surface area (Å²) in [5.74, 6) is 0. The molecule has 0 spiro atoms. The number of hydrogen-bond acceptors (Lipinski definition) is 3. The summed E-state index contributed by atoms with van der Waals surface area (Å²) < 4.78 is 0. The van der Waals surface area contributed by atoms with Crippen LogP contribution >= 0.6 is 0 Å². The number of nitrogens with two attached hydrogens (primary N) is 3. The second kappa shape index (κ2) is 3.44. The molecule has 0 aliphatic heterocycles. The Hall–Kier alpha value is -1.74. The van der Waals surface area contributed by atoms with Crippen molar-refractivity contribution < 1.29 is 0 Å². The summed E-state index contributed by atoms with van der Waals surface area (Å²) in [6.45, 7) is 0. The standard InChI is InChI=1S/C12H15N3/c13-9-5-7-12(15,8-6-9)10-3-1-2-4-11(10)14/h1-7H,8,13-15H2. The molecule has 1 unspecified atom stereocenters. The molecular formula is C12H15N3.